The highest BCUT2D eigenvalue weighted by molar-refractivity contribution is 5.83. The van der Waals surface area contributed by atoms with Crippen LogP contribution >= 0.6 is 0 Å². The molecule has 206 valence electrons. The number of halogens is 2. The van der Waals surface area contributed by atoms with E-state index in [2.05, 4.69) is 15.5 Å². The number of fused-ring (bicyclic) bond motifs is 3. The lowest BCUT2D eigenvalue weighted by molar-refractivity contribution is 0.0377. The van der Waals surface area contributed by atoms with E-state index in [1.54, 1.807) is 6.07 Å². The fourth-order valence-corrected chi connectivity index (χ4v) is 5.23. The van der Waals surface area contributed by atoms with Crippen molar-refractivity contribution in [1.29, 1.82) is 0 Å². The molecule has 1 aliphatic carbocycles. The summed E-state index contributed by atoms with van der Waals surface area (Å²) in [6.45, 7) is 5.51. The number of benzene rings is 2. The van der Waals surface area contributed by atoms with E-state index in [1.165, 1.54) is 4.57 Å². The average Bonchev–Trinajstić information content (AvgIpc) is 3.35. The van der Waals surface area contributed by atoms with E-state index >= 15 is 0 Å². The smallest absolute Gasteiger partial charge is 0.408 e. The lowest BCUT2D eigenvalue weighted by atomic mass is 9.71. The number of aromatic nitrogens is 4. The van der Waals surface area contributed by atoms with Crippen LogP contribution in [-0.2, 0) is 16.9 Å². The first-order valence-corrected chi connectivity index (χ1v) is 13.2. The Morgan fingerprint density at radius 3 is 2.40 bits per heavy atom. The average molecular weight is 546 g/mol. The molecule has 0 bridgehead atoms. The van der Waals surface area contributed by atoms with Crippen LogP contribution in [0.2, 0.25) is 0 Å². The van der Waals surface area contributed by atoms with Crippen LogP contribution in [-0.4, -0.2) is 31.4 Å². The van der Waals surface area contributed by atoms with Crippen molar-refractivity contribution in [2.75, 3.05) is 0 Å². The van der Waals surface area contributed by atoms with E-state index in [0.717, 1.165) is 41.5 Å². The van der Waals surface area contributed by atoms with Crippen LogP contribution in [0.3, 0.4) is 0 Å². The minimum absolute atomic E-state index is 0.0123. The van der Waals surface area contributed by atoms with Gasteiger partial charge in [0.15, 0.2) is 12.4 Å². The van der Waals surface area contributed by atoms with Gasteiger partial charge in [0.05, 0.1) is 11.2 Å². The van der Waals surface area contributed by atoms with Gasteiger partial charge in [-0.15, -0.1) is 10.2 Å². The van der Waals surface area contributed by atoms with Gasteiger partial charge in [0, 0.05) is 11.1 Å². The van der Waals surface area contributed by atoms with Crippen molar-refractivity contribution >= 4 is 6.09 Å². The standard InChI is InChI=1S/C30H29F2N5O3/c1-29(2,3)40-28(38)34-30(14-7-15-30)20-12-10-19(11-13-20)24-21(18-8-5-4-6-9-18)16-22-27(33-24)39-17-23-35-36-26(25(31)32)37(22)23/h4-6,8-13,16,25H,7,14-15,17H2,1-3H3,(H,34,38). The van der Waals surface area contributed by atoms with E-state index in [0.29, 0.717) is 17.2 Å². The van der Waals surface area contributed by atoms with Crippen molar-refractivity contribution in [3.63, 3.8) is 0 Å². The second kappa shape index (κ2) is 9.69. The number of carbonyl (C=O) groups is 1. The molecule has 6 rings (SSSR count). The first-order valence-electron chi connectivity index (χ1n) is 13.2. The molecule has 2 aromatic carbocycles. The molecular formula is C30H29F2N5O3. The van der Waals surface area contributed by atoms with Crippen LogP contribution in [0.4, 0.5) is 13.6 Å². The third kappa shape index (κ3) is 4.67. The van der Waals surface area contributed by atoms with Gasteiger partial charge < -0.3 is 14.8 Å². The maximum atomic E-state index is 13.8. The summed E-state index contributed by atoms with van der Waals surface area (Å²) in [5, 5.41) is 10.7. The molecule has 40 heavy (non-hydrogen) atoms. The number of ether oxygens (including phenoxy) is 2. The minimum Gasteiger partial charge on any atom is -0.468 e. The Bertz CT molecular complexity index is 1560. The monoisotopic (exact) mass is 545 g/mol. The van der Waals surface area contributed by atoms with E-state index in [9.17, 15) is 13.6 Å². The van der Waals surface area contributed by atoms with E-state index in [-0.39, 0.29) is 12.5 Å². The summed E-state index contributed by atoms with van der Waals surface area (Å²) in [6, 6.07) is 19.3. The number of pyridine rings is 1. The third-order valence-electron chi connectivity index (χ3n) is 7.24. The summed E-state index contributed by atoms with van der Waals surface area (Å²) < 4.78 is 40.2. The summed E-state index contributed by atoms with van der Waals surface area (Å²) in [5.41, 5.74) is 3.39. The molecule has 0 saturated heterocycles. The number of alkyl carbamates (subject to hydrolysis) is 1. The van der Waals surface area contributed by atoms with E-state index in [1.807, 2.05) is 75.4 Å². The molecule has 10 heteroatoms. The van der Waals surface area contributed by atoms with Gasteiger partial charge in [0.25, 0.3) is 6.43 Å². The lowest BCUT2D eigenvalue weighted by Gasteiger charge is -2.43. The SMILES string of the molecule is CC(C)(C)OC(=O)NC1(c2ccc(-c3nc4c(cc3-c3ccccc3)-n3c(nnc3C(F)F)CO4)cc2)CCC1. The van der Waals surface area contributed by atoms with Crippen LogP contribution in [0.15, 0.2) is 60.7 Å². The molecule has 1 fully saturated rings. The molecule has 0 atom stereocenters. The van der Waals surface area contributed by atoms with Gasteiger partial charge in [0.2, 0.25) is 11.7 Å². The summed E-state index contributed by atoms with van der Waals surface area (Å²) in [5.74, 6) is 0.0831. The Balaban J connectivity index is 1.40. The minimum atomic E-state index is -2.80. The first kappa shape index (κ1) is 25.9. The van der Waals surface area contributed by atoms with Crippen molar-refractivity contribution < 1.29 is 23.0 Å². The number of hydrogen-bond donors (Lipinski definition) is 1. The molecule has 4 aromatic rings. The molecule has 1 aliphatic heterocycles. The van der Waals surface area contributed by atoms with Crippen molar-refractivity contribution in [2.45, 2.75) is 64.2 Å². The normalized spacial score (nSPS) is 15.4. The van der Waals surface area contributed by atoms with Crippen LogP contribution < -0.4 is 10.1 Å². The number of alkyl halides is 2. The predicted octanol–water partition coefficient (Wildman–Crippen LogP) is 6.73. The van der Waals surface area contributed by atoms with E-state index in [4.69, 9.17) is 14.5 Å². The van der Waals surface area contributed by atoms with Crippen LogP contribution in [0.1, 0.15) is 63.7 Å². The number of hydrogen-bond acceptors (Lipinski definition) is 6. The first-order chi connectivity index (χ1) is 19.1. The highest BCUT2D eigenvalue weighted by atomic mass is 19.3. The van der Waals surface area contributed by atoms with Gasteiger partial charge in [-0.2, -0.15) is 0 Å². The molecular weight excluding hydrogens is 516 g/mol. The Morgan fingerprint density at radius 1 is 1.05 bits per heavy atom. The van der Waals surface area contributed by atoms with Crippen molar-refractivity contribution in [1.82, 2.24) is 25.1 Å². The quantitative estimate of drug-likeness (QED) is 0.299. The molecule has 8 nitrogen and oxygen atoms in total. The molecule has 3 heterocycles. The Hall–Kier alpha value is -4.34. The van der Waals surface area contributed by atoms with Gasteiger partial charge in [-0.05, 0) is 57.2 Å². The molecule has 2 aliphatic rings. The Kier molecular flexibility index (Phi) is 6.28. The number of nitrogens with zero attached hydrogens (tertiary/aromatic N) is 4. The van der Waals surface area contributed by atoms with Crippen LogP contribution in [0, 0.1) is 0 Å². The number of rotatable bonds is 5. The predicted molar refractivity (Wildman–Crippen MR) is 144 cm³/mol. The number of nitrogens with one attached hydrogen (secondary N) is 1. The zero-order chi connectivity index (χ0) is 28.1. The zero-order valence-electron chi connectivity index (χ0n) is 22.4. The maximum absolute atomic E-state index is 13.8. The Morgan fingerprint density at radius 2 is 1.77 bits per heavy atom. The number of amides is 1. The van der Waals surface area contributed by atoms with Gasteiger partial charge in [-0.25, -0.2) is 18.6 Å². The summed E-state index contributed by atoms with van der Waals surface area (Å²) in [6.07, 6.45) is -0.593. The topological polar surface area (TPSA) is 91.2 Å². The molecule has 0 radical (unpaired) electrons. The van der Waals surface area contributed by atoms with Gasteiger partial charge in [0.1, 0.15) is 11.3 Å². The molecule has 1 N–H and O–H groups in total. The molecule has 0 spiro atoms. The largest absolute Gasteiger partial charge is 0.468 e. The summed E-state index contributed by atoms with van der Waals surface area (Å²) in [7, 11) is 0. The highest BCUT2D eigenvalue weighted by Crippen LogP contribution is 2.43. The van der Waals surface area contributed by atoms with Crippen molar-refractivity contribution in [2.24, 2.45) is 0 Å². The van der Waals surface area contributed by atoms with Gasteiger partial charge >= 0.3 is 6.09 Å². The van der Waals surface area contributed by atoms with Crippen LogP contribution in [0.25, 0.3) is 28.1 Å². The number of carbonyl (C=O) groups excluding carboxylic acids is 1. The van der Waals surface area contributed by atoms with Crippen LogP contribution in [0.5, 0.6) is 5.88 Å². The molecule has 2 aromatic heterocycles. The fourth-order valence-electron chi connectivity index (χ4n) is 5.23. The fraction of sp³-hybridized carbons (Fsp3) is 0.333. The Labute approximate surface area is 230 Å². The molecule has 0 unspecified atom stereocenters. The maximum Gasteiger partial charge on any atom is 0.408 e. The highest BCUT2D eigenvalue weighted by Gasteiger charge is 2.41. The second-order valence-corrected chi connectivity index (χ2v) is 11.1. The molecule has 1 amide bonds. The second-order valence-electron chi connectivity index (χ2n) is 11.1. The van der Waals surface area contributed by atoms with Crippen molar-refractivity contribution in [3.8, 4) is 34.0 Å². The lowest BCUT2D eigenvalue weighted by Crippen LogP contribution is -2.52. The van der Waals surface area contributed by atoms with Gasteiger partial charge in [-0.3, -0.25) is 4.57 Å². The van der Waals surface area contributed by atoms with E-state index < -0.39 is 29.5 Å². The third-order valence-corrected chi connectivity index (χ3v) is 7.24. The zero-order valence-corrected chi connectivity index (χ0v) is 22.4. The summed E-state index contributed by atoms with van der Waals surface area (Å²) in [4.78, 5) is 17.4. The van der Waals surface area contributed by atoms with Gasteiger partial charge in [-0.1, -0.05) is 54.6 Å². The summed E-state index contributed by atoms with van der Waals surface area (Å²) >= 11 is 0. The van der Waals surface area contributed by atoms with Crippen molar-refractivity contribution in [3.05, 3.63) is 77.9 Å². The molecule has 1 saturated carbocycles.